The topological polar surface area (TPSA) is 98.8 Å². The molecule has 4 amide bonds. The summed E-state index contributed by atoms with van der Waals surface area (Å²) in [7, 11) is 0. The molecule has 0 aliphatic carbocycles. The van der Waals surface area contributed by atoms with Gasteiger partial charge in [-0.05, 0) is 58.7 Å². The van der Waals surface area contributed by atoms with Crippen LogP contribution in [0.15, 0.2) is 66.7 Å². The minimum atomic E-state index is -0.860. The zero-order chi connectivity index (χ0) is 32.1. The molecule has 0 unspecified atom stereocenters. The predicted octanol–water partition coefficient (Wildman–Crippen LogP) is 4.72. The maximum absolute atomic E-state index is 14.2. The van der Waals surface area contributed by atoms with Crippen molar-refractivity contribution in [3.63, 3.8) is 0 Å². The highest BCUT2D eigenvalue weighted by Crippen LogP contribution is 2.26. The number of carbonyl (C=O) groups is 4. The number of hydrogen-bond donors (Lipinski definition) is 2. The Labute approximate surface area is 274 Å². The number of benzene rings is 3. The van der Waals surface area contributed by atoms with Gasteiger partial charge in [0.25, 0.3) is 0 Å². The summed E-state index contributed by atoms with van der Waals surface area (Å²) in [5.74, 6) is -1.16. The molecule has 2 aliphatic heterocycles. The second-order valence-corrected chi connectivity index (χ2v) is 13.1. The van der Waals surface area contributed by atoms with E-state index < -0.39 is 18.0 Å². The average molecular weight is 650 g/mol. The van der Waals surface area contributed by atoms with Gasteiger partial charge in [0, 0.05) is 36.1 Å². The van der Waals surface area contributed by atoms with E-state index in [0.29, 0.717) is 29.3 Å². The summed E-state index contributed by atoms with van der Waals surface area (Å²) in [5.41, 5.74) is 4.42. The maximum atomic E-state index is 14.2. The molecule has 8 nitrogen and oxygen atoms in total. The van der Waals surface area contributed by atoms with Crippen LogP contribution in [-0.4, -0.2) is 58.6 Å². The number of carbonyl (C=O) groups excluding carboxylic acids is 4. The first-order valence-electron chi connectivity index (χ1n) is 15.3. The second kappa shape index (κ2) is 14.5. The molecule has 0 aromatic heterocycles. The van der Waals surface area contributed by atoms with Crippen molar-refractivity contribution < 1.29 is 19.2 Å². The second-order valence-electron chi connectivity index (χ2n) is 12.2. The Hall–Kier alpha value is -3.88. The third-order valence-electron chi connectivity index (χ3n) is 8.34. The number of fused-ring (bicyclic) bond motifs is 4. The van der Waals surface area contributed by atoms with Crippen LogP contribution < -0.4 is 10.6 Å². The first kappa shape index (κ1) is 32.5. The van der Waals surface area contributed by atoms with Gasteiger partial charge in [-0.25, -0.2) is 0 Å². The van der Waals surface area contributed by atoms with Crippen LogP contribution in [0.1, 0.15) is 48.1 Å². The molecule has 0 saturated carbocycles. The van der Waals surface area contributed by atoms with E-state index in [0.717, 1.165) is 27.8 Å². The highest BCUT2D eigenvalue weighted by atomic mass is 35.5. The number of nitrogens with zero attached hydrogens (tertiary/aromatic N) is 2. The lowest BCUT2D eigenvalue weighted by Gasteiger charge is -2.38. The van der Waals surface area contributed by atoms with Gasteiger partial charge in [-0.3, -0.25) is 19.2 Å². The molecule has 2 aliphatic rings. The Morgan fingerprint density at radius 1 is 0.889 bits per heavy atom. The summed E-state index contributed by atoms with van der Waals surface area (Å²) in [4.78, 5) is 58.2. The molecule has 2 atom stereocenters. The minimum absolute atomic E-state index is 0.0744. The summed E-state index contributed by atoms with van der Waals surface area (Å²) in [6.45, 7) is 4.50. The molecule has 2 bridgehead atoms. The number of halogens is 2. The summed E-state index contributed by atoms with van der Waals surface area (Å²) >= 11 is 12.5. The highest BCUT2D eigenvalue weighted by Gasteiger charge is 2.38. The van der Waals surface area contributed by atoms with Crippen LogP contribution in [0.2, 0.25) is 10.0 Å². The van der Waals surface area contributed by atoms with Gasteiger partial charge < -0.3 is 20.4 Å². The van der Waals surface area contributed by atoms with E-state index in [9.17, 15) is 19.2 Å². The highest BCUT2D eigenvalue weighted by molar-refractivity contribution is 6.35. The lowest BCUT2D eigenvalue weighted by atomic mass is 9.91. The largest absolute Gasteiger partial charge is 0.350 e. The van der Waals surface area contributed by atoms with Crippen molar-refractivity contribution in [3.8, 4) is 0 Å². The summed E-state index contributed by atoms with van der Waals surface area (Å²) < 4.78 is 0. The van der Waals surface area contributed by atoms with Crippen molar-refractivity contribution in [2.45, 2.75) is 64.7 Å². The molecule has 0 saturated heterocycles. The molecular weight excluding hydrogens is 611 g/mol. The number of amides is 4. The summed E-state index contributed by atoms with van der Waals surface area (Å²) in [6.07, 6.45) is 1.26. The Balaban J connectivity index is 1.47. The smallest absolute Gasteiger partial charge is 0.246 e. The molecule has 236 valence electrons. The fraction of sp³-hybridized carbons (Fsp3) is 0.371. The lowest BCUT2D eigenvalue weighted by Crippen LogP contribution is -2.58. The zero-order valence-corrected chi connectivity index (χ0v) is 27.0. The number of hydrogen-bond acceptors (Lipinski definition) is 4. The van der Waals surface area contributed by atoms with Crippen LogP contribution in [-0.2, 0) is 51.5 Å². The summed E-state index contributed by atoms with van der Waals surface area (Å²) in [6, 6.07) is 18.9. The normalized spacial score (nSPS) is 19.6. The molecule has 0 radical (unpaired) electrons. The Kier molecular flexibility index (Phi) is 10.5. The molecule has 2 heterocycles. The monoisotopic (exact) mass is 648 g/mol. The van der Waals surface area contributed by atoms with Crippen LogP contribution in [0.5, 0.6) is 0 Å². The van der Waals surface area contributed by atoms with Crippen molar-refractivity contribution >= 4 is 46.8 Å². The molecule has 2 N–H and O–H groups in total. The van der Waals surface area contributed by atoms with Crippen LogP contribution in [0.25, 0.3) is 0 Å². The average Bonchev–Trinajstić information content (AvgIpc) is 3.00. The SMILES string of the molecule is CC(C)C[C@@H]1NC(=O)CN(CCc2ccc(Cl)cc2Cl)C(=O)Cc2cccc(c2)CNC(=O)[C@H]2Cc3ccccc3CN2C1=O. The summed E-state index contributed by atoms with van der Waals surface area (Å²) in [5, 5.41) is 6.95. The molecule has 10 heteroatoms. The molecule has 3 aromatic rings. The van der Waals surface area contributed by atoms with E-state index in [2.05, 4.69) is 10.6 Å². The van der Waals surface area contributed by atoms with Crippen LogP contribution in [0, 0.1) is 5.92 Å². The first-order valence-corrected chi connectivity index (χ1v) is 16.1. The molecule has 0 spiro atoms. The van der Waals surface area contributed by atoms with Crippen LogP contribution in [0.4, 0.5) is 0 Å². The van der Waals surface area contributed by atoms with Crippen LogP contribution >= 0.6 is 23.2 Å². The third kappa shape index (κ3) is 8.24. The van der Waals surface area contributed by atoms with Crippen molar-refractivity contribution in [2.75, 3.05) is 13.1 Å². The molecule has 3 aromatic carbocycles. The molecule has 0 fully saturated rings. The van der Waals surface area contributed by atoms with Gasteiger partial charge in [-0.1, -0.05) is 91.6 Å². The fourth-order valence-corrected chi connectivity index (χ4v) is 6.51. The Bertz CT molecular complexity index is 1590. The number of rotatable bonds is 5. The van der Waals surface area contributed by atoms with Crippen molar-refractivity contribution in [2.24, 2.45) is 5.92 Å². The first-order chi connectivity index (χ1) is 21.6. The fourth-order valence-electron chi connectivity index (χ4n) is 6.01. The molecular formula is C35H38Cl2N4O4. The predicted molar refractivity (Wildman–Crippen MR) is 175 cm³/mol. The van der Waals surface area contributed by atoms with Gasteiger partial charge in [0.15, 0.2) is 0 Å². The van der Waals surface area contributed by atoms with Crippen molar-refractivity contribution in [1.82, 2.24) is 20.4 Å². The van der Waals surface area contributed by atoms with E-state index in [1.165, 1.54) is 4.90 Å². The number of nitrogens with one attached hydrogen (secondary N) is 2. The van der Waals surface area contributed by atoms with Gasteiger partial charge in [0.2, 0.25) is 23.6 Å². The molecule has 5 rings (SSSR count). The van der Waals surface area contributed by atoms with Crippen molar-refractivity contribution in [3.05, 3.63) is 105 Å². The quantitative estimate of drug-likeness (QED) is 0.418. The third-order valence-corrected chi connectivity index (χ3v) is 8.93. The Morgan fingerprint density at radius 2 is 1.64 bits per heavy atom. The van der Waals surface area contributed by atoms with Gasteiger partial charge in [0.1, 0.15) is 12.1 Å². The maximum Gasteiger partial charge on any atom is 0.246 e. The van der Waals surface area contributed by atoms with E-state index in [-0.39, 0.29) is 56.2 Å². The van der Waals surface area contributed by atoms with E-state index >= 15 is 0 Å². The van der Waals surface area contributed by atoms with Crippen LogP contribution in [0.3, 0.4) is 0 Å². The van der Waals surface area contributed by atoms with Gasteiger partial charge >= 0.3 is 0 Å². The van der Waals surface area contributed by atoms with Gasteiger partial charge in [-0.15, -0.1) is 0 Å². The van der Waals surface area contributed by atoms with E-state index in [1.807, 2.05) is 68.4 Å². The van der Waals surface area contributed by atoms with Gasteiger partial charge in [0.05, 0.1) is 13.0 Å². The standard InChI is InChI=1S/C35H38Cl2N4O4/c1-22(2)14-30-35(45)41-20-27-9-4-3-8-26(27)17-31(41)34(44)38-19-24-7-5-6-23(15-24)16-33(43)40(21-32(42)39-30)13-12-25-10-11-28(36)18-29(25)37/h3-11,15,18,22,30-31H,12-14,16-17,19-21H2,1-2H3,(H,38,44)(H,39,42)/t30-,31+/m0/s1. The Morgan fingerprint density at radius 3 is 2.40 bits per heavy atom. The van der Waals surface area contributed by atoms with E-state index in [4.69, 9.17) is 23.2 Å². The lowest BCUT2D eigenvalue weighted by molar-refractivity contribution is -0.145. The van der Waals surface area contributed by atoms with E-state index in [1.54, 1.807) is 17.0 Å². The van der Waals surface area contributed by atoms with Crippen molar-refractivity contribution in [1.29, 1.82) is 0 Å². The zero-order valence-electron chi connectivity index (χ0n) is 25.5. The van der Waals surface area contributed by atoms with Gasteiger partial charge in [-0.2, -0.15) is 0 Å². The minimum Gasteiger partial charge on any atom is -0.350 e. The molecule has 45 heavy (non-hydrogen) atoms.